The summed E-state index contributed by atoms with van der Waals surface area (Å²) in [5.41, 5.74) is 0.974. The molecular formula is C17H26N4O2. The summed E-state index contributed by atoms with van der Waals surface area (Å²) in [5, 5.41) is 3.15. The van der Waals surface area contributed by atoms with Gasteiger partial charge in [-0.1, -0.05) is 6.07 Å². The lowest BCUT2D eigenvalue weighted by Gasteiger charge is -2.28. The Bertz CT molecular complexity index is 505. The van der Waals surface area contributed by atoms with Gasteiger partial charge in [0.05, 0.1) is 37.5 Å². The van der Waals surface area contributed by atoms with Crippen molar-refractivity contribution in [2.24, 2.45) is 0 Å². The Labute approximate surface area is 137 Å². The Morgan fingerprint density at radius 2 is 2.22 bits per heavy atom. The molecule has 6 heteroatoms. The average Bonchev–Trinajstić information content (AvgIpc) is 3.18. The highest BCUT2D eigenvalue weighted by Gasteiger charge is 2.35. The van der Waals surface area contributed by atoms with Crippen LogP contribution in [0.1, 0.15) is 18.5 Å². The van der Waals surface area contributed by atoms with Crippen molar-refractivity contribution in [3.63, 3.8) is 0 Å². The number of aromatic nitrogens is 1. The van der Waals surface area contributed by atoms with E-state index < -0.39 is 0 Å². The van der Waals surface area contributed by atoms with E-state index in [1.165, 1.54) is 12.8 Å². The molecule has 6 nitrogen and oxygen atoms in total. The molecule has 23 heavy (non-hydrogen) atoms. The second-order valence-electron chi connectivity index (χ2n) is 6.52. The first-order chi connectivity index (χ1) is 11.2. The van der Waals surface area contributed by atoms with E-state index in [1.807, 2.05) is 30.1 Å². The zero-order valence-corrected chi connectivity index (χ0v) is 13.8. The molecule has 1 aromatic rings. The maximum Gasteiger partial charge on any atom is 0.234 e. The third-order valence-electron chi connectivity index (χ3n) is 4.58. The Hall–Kier alpha value is -1.50. The normalized spacial score (nSPS) is 25.1. The van der Waals surface area contributed by atoms with Crippen LogP contribution in [-0.2, 0) is 16.1 Å². The summed E-state index contributed by atoms with van der Waals surface area (Å²) in [6.07, 6.45) is 4.29. The largest absolute Gasteiger partial charge is 0.378 e. The van der Waals surface area contributed by atoms with Crippen LogP contribution >= 0.6 is 0 Å². The standard InChI is InChI=1S/C17H26N4O2/c1-20(10-14-6-2-3-7-18-14)11-17(22)19-15-12-23-13-16(15)21-8-4-5-9-21/h2-3,6-7,15-16H,4-5,8-13H2,1H3,(H,19,22)/t15-,16-/m1/s1. The van der Waals surface area contributed by atoms with E-state index in [0.717, 1.165) is 25.4 Å². The molecule has 126 valence electrons. The molecule has 0 radical (unpaired) electrons. The lowest BCUT2D eigenvalue weighted by Crippen LogP contribution is -2.51. The van der Waals surface area contributed by atoms with Crippen molar-refractivity contribution in [3.05, 3.63) is 30.1 Å². The summed E-state index contributed by atoms with van der Waals surface area (Å²) in [7, 11) is 1.94. The zero-order valence-electron chi connectivity index (χ0n) is 13.8. The molecule has 1 aromatic heterocycles. The Morgan fingerprint density at radius 1 is 1.39 bits per heavy atom. The summed E-state index contributed by atoms with van der Waals surface area (Å²) < 4.78 is 5.60. The summed E-state index contributed by atoms with van der Waals surface area (Å²) in [4.78, 5) is 21.0. The van der Waals surface area contributed by atoms with Gasteiger partial charge in [-0.15, -0.1) is 0 Å². The minimum Gasteiger partial charge on any atom is -0.378 e. The lowest BCUT2D eigenvalue weighted by molar-refractivity contribution is -0.123. The van der Waals surface area contributed by atoms with Gasteiger partial charge in [-0.25, -0.2) is 0 Å². The van der Waals surface area contributed by atoms with Gasteiger partial charge in [0.1, 0.15) is 0 Å². The van der Waals surface area contributed by atoms with Crippen LogP contribution < -0.4 is 5.32 Å². The fraction of sp³-hybridized carbons (Fsp3) is 0.647. The zero-order chi connectivity index (χ0) is 16.1. The molecule has 2 fully saturated rings. The van der Waals surface area contributed by atoms with Crippen molar-refractivity contribution >= 4 is 5.91 Å². The van der Waals surface area contributed by atoms with Crippen molar-refractivity contribution in [2.45, 2.75) is 31.5 Å². The highest BCUT2D eigenvalue weighted by molar-refractivity contribution is 5.78. The van der Waals surface area contributed by atoms with Crippen LogP contribution in [0.2, 0.25) is 0 Å². The molecule has 0 saturated carbocycles. The molecule has 2 saturated heterocycles. The van der Waals surface area contributed by atoms with Crippen LogP contribution in [0.5, 0.6) is 0 Å². The van der Waals surface area contributed by atoms with E-state index in [1.54, 1.807) is 6.20 Å². The number of ether oxygens (including phenoxy) is 1. The van der Waals surface area contributed by atoms with Gasteiger partial charge in [0.25, 0.3) is 0 Å². The van der Waals surface area contributed by atoms with Gasteiger partial charge in [0, 0.05) is 12.7 Å². The third-order valence-corrected chi connectivity index (χ3v) is 4.58. The molecule has 2 atom stereocenters. The minimum absolute atomic E-state index is 0.0585. The first-order valence-electron chi connectivity index (χ1n) is 8.42. The van der Waals surface area contributed by atoms with Gasteiger partial charge in [0.15, 0.2) is 0 Å². The van der Waals surface area contributed by atoms with Crippen LogP contribution in [-0.4, -0.2) is 72.7 Å². The number of pyridine rings is 1. The van der Waals surface area contributed by atoms with Crippen LogP contribution in [0.15, 0.2) is 24.4 Å². The molecule has 0 aliphatic carbocycles. The number of amides is 1. The average molecular weight is 318 g/mol. The minimum atomic E-state index is 0.0585. The number of nitrogens with zero attached hydrogens (tertiary/aromatic N) is 3. The second-order valence-corrected chi connectivity index (χ2v) is 6.52. The second kappa shape index (κ2) is 7.86. The van der Waals surface area contributed by atoms with Crippen molar-refractivity contribution in [2.75, 3.05) is 39.9 Å². The number of rotatable bonds is 6. The number of hydrogen-bond donors (Lipinski definition) is 1. The van der Waals surface area contributed by atoms with E-state index >= 15 is 0 Å². The number of carbonyl (C=O) groups is 1. The van der Waals surface area contributed by atoms with Gasteiger partial charge < -0.3 is 10.1 Å². The Balaban J connectivity index is 1.46. The number of carbonyl (C=O) groups excluding carboxylic acids is 1. The molecule has 2 aliphatic heterocycles. The van der Waals surface area contributed by atoms with E-state index in [2.05, 4.69) is 15.2 Å². The lowest BCUT2D eigenvalue weighted by atomic mass is 10.1. The number of hydrogen-bond acceptors (Lipinski definition) is 5. The SMILES string of the molecule is CN(CC(=O)N[C@@H]1COC[C@H]1N1CCCC1)Cc1ccccn1. The quantitative estimate of drug-likeness (QED) is 0.827. The third kappa shape index (κ3) is 4.50. The summed E-state index contributed by atoms with van der Waals surface area (Å²) in [5.74, 6) is 0.0585. The Kier molecular flexibility index (Phi) is 5.59. The number of likely N-dealkylation sites (N-methyl/N-ethyl adjacent to an activating group) is 1. The smallest absolute Gasteiger partial charge is 0.234 e. The van der Waals surface area contributed by atoms with Crippen LogP contribution in [0, 0.1) is 0 Å². The first-order valence-corrected chi connectivity index (χ1v) is 8.42. The monoisotopic (exact) mass is 318 g/mol. The predicted molar refractivity (Wildman–Crippen MR) is 87.9 cm³/mol. The fourth-order valence-corrected chi connectivity index (χ4v) is 3.44. The van der Waals surface area contributed by atoms with E-state index in [0.29, 0.717) is 25.7 Å². The maximum absolute atomic E-state index is 12.3. The number of likely N-dealkylation sites (tertiary alicyclic amines) is 1. The van der Waals surface area contributed by atoms with Crippen molar-refractivity contribution in [1.82, 2.24) is 20.1 Å². The fourth-order valence-electron chi connectivity index (χ4n) is 3.44. The molecule has 3 rings (SSSR count). The van der Waals surface area contributed by atoms with Gasteiger partial charge >= 0.3 is 0 Å². The molecule has 0 spiro atoms. The van der Waals surface area contributed by atoms with Crippen LogP contribution in [0.4, 0.5) is 0 Å². The molecule has 1 N–H and O–H groups in total. The number of nitrogens with one attached hydrogen (secondary N) is 1. The summed E-state index contributed by atoms with van der Waals surface area (Å²) in [6, 6.07) is 6.29. The molecular weight excluding hydrogens is 292 g/mol. The topological polar surface area (TPSA) is 57.7 Å². The molecule has 1 amide bonds. The molecule has 0 aromatic carbocycles. The van der Waals surface area contributed by atoms with Gasteiger partial charge in [-0.2, -0.15) is 0 Å². The molecule has 3 heterocycles. The van der Waals surface area contributed by atoms with Gasteiger partial charge in [-0.05, 0) is 45.1 Å². The highest BCUT2D eigenvalue weighted by atomic mass is 16.5. The van der Waals surface area contributed by atoms with Crippen LogP contribution in [0.25, 0.3) is 0 Å². The van der Waals surface area contributed by atoms with Crippen molar-refractivity contribution < 1.29 is 9.53 Å². The van der Waals surface area contributed by atoms with E-state index in [4.69, 9.17) is 4.74 Å². The maximum atomic E-state index is 12.3. The molecule has 2 aliphatic rings. The summed E-state index contributed by atoms with van der Waals surface area (Å²) >= 11 is 0. The van der Waals surface area contributed by atoms with E-state index in [9.17, 15) is 4.79 Å². The molecule has 0 bridgehead atoms. The van der Waals surface area contributed by atoms with Crippen molar-refractivity contribution in [3.8, 4) is 0 Å². The summed E-state index contributed by atoms with van der Waals surface area (Å²) in [6.45, 7) is 4.65. The highest BCUT2D eigenvalue weighted by Crippen LogP contribution is 2.19. The van der Waals surface area contributed by atoms with Gasteiger partial charge in [0.2, 0.25) is 5.91 Å². The van der Waals surface area contributed by atoms with Crippen LogP contribution in [0.3, 0.4) is 0 Å². The van der Waals surface area contributed by atoms with Crippen molar-refractivity contribution in [1.29, 1.82) is 0 Å². The first kappa shape index (κ1) is 16.4. The Morgan fingerprint density at radius 3 is 2.96 bits per heavy atom. The van der Waals surface area contributed by atoms with Gasteiger partial charge in [-0.3, -0.25) is 19.6 Å². The van der Waals surface area contributed by atoms with E-state index in [-0.39, 0.29) is 11.9 Å². The predicted octanol–water partition coefficient (Wildman–Crippen LogP) is 0.493. The molecule has 0 unspecified atom stereocenters.